The molecule has 0 heterocycles. The molecule has 2 rings (SSSR count). The molecule has 0 bridgehead atoms. The molecule has 0 spiro atoms. The van der Waals surface area contributed by atoms with Gasteiger partial charge in [0.05, 0.1) is 0 Å². The lowest BCUT2D eigenvalue weighted by Gasteiger charge is -2.27. The minimum absolute atomic E-state index is 0.103. The minimum Gasteiger partial charge on any atom is -0.508 e. The first-order valence-electron chi connectivity index (χ1n) is 7.36. The average Bonchev–Trinajstić information content (AvgIpc) is 2.55. The van der Waals surface area contributed by atoms with Crippen molar-refractivity contribution in [1.29, 1.82) is 0 Å². The van der Waals surface area contributed by atoms with Crippen LogP contribution in [0.4, 0.5) is 0 Å². The van der Waals surface area contributed by atoms with Gasteiger partial charge in [0.15, 0.2) is 0 Å². The van der Waals surface area contributed by atoms with Crippen LogP contribution in [0.2, 0.25) is 0 Å². The summed E-state index contributed by atoms with van der Waals surface area (Å²) in [6.45, 7) is 4.39. The highest BCUT2D eigenvalue weighted by Gasteiger charge is 2.22. The predicted octanol–water partition coefficient (Wildman–Crippen LogP) is 3.72. The standard InChI is InChI=1S/C16H25NO2/c1-11-6-4-3-5-7-15(11)17-12(2)14-9-8-13(18)10-16(14)19/h8-12,15,17-19H,3-7H2,1-2H3. The topological polar surface area (TPSA) is 52.5 Å². The van der Waals surface area contributed by atoms with Gasteiger partial charge in [-0.25, -0.2) is 0 Å². The maximum atomic E-state index is 9.91. The third kappa shape index (κ3) is 3.63. The van der Waals surface area contributed by atoms with Gasteiger partial charge in [0.25, 0.3) is 0 Å². The largest absolute Gasteiger partial charge is 0.508 e. The van der Waals surface area contributed by atoms with Crippen LogP contribution in [-0.2, 0) is 0 Å². The lowest BCUT2D eigenvalue weighted by Crippen LogP contribution is -2.36. The molecule has 1 aromatic rings. The number of nitrogens with one attached hydrogen (secondary N) is 1. The summed E-state index contributed by atoms with van der Waals surface area (Å²) in [4.78, 5) is 0. The van der Waals surface area contributed by atoms with Crippen molar-refractivity contribution in [1.82, 2.24) is 5.32 Å². The maximum Gasteiger partial charge on any atom is 0.124 e. The van der Waals surface area contributed by atoms with E-state index in [0.717, 1.165) is 5.56 Å². The summed E-state index contributed by atoms with van der Waals surface area (Å²) in [5.41, 5.74) is 0.856. The van der Waals surface area contributed by atoms with Crippen LogP contribution in [0.3, 0.4) is 0 Å². The monoisotopic (exact) mass is 263 g/mol. The molecule has 0 aliphatic heterocycles. The third-order valence-corrected chi connectivity index (χ3v) is 4.31. The molecule has 0 aromatic heterocycles. The number of hydrogen-bond acceptors (Lipinski definition) is 3. The number of aromatic hydroxyl groups is 2. The normalized spacial score (nSPS) is 25.8. The summed E-state index contributed by atoms with van der Waals surface area (Å²) in [7, 11) is 0. The fourth-order valence-corrected chi connectivity index (χ4v) is 3.05. The molecule has 3 heteroatoms. The van der Waals surface area contributed by atoms with E-state index in [2.05, 4.69) is 19.2 Å². The molecule has 1 aliphatic carbocycles. The Bertz CT molecular complexity index is 419. The zero-order valence-corrected chi connectivity index (χ0v) is 11.9. The van der Waals surface area contributed by atoms with Crippen LogP contribution in [0.25, 0.3) is 0 Å². The first-order chi connectivity index (χ1) is 9.08. The summed E-state index contributed by atoms with van der Waals surface area (Å²) >= 11 is 0. The van der Waals surface area contributed by atoms with E-state index in [9.17, 15) is 10.2 Å². The third-order valence-electron chi connectivity index (χ3n) is 4.31. The molecule has 3 nitrogen and oxygen atoms in total. The van der Waals surface area contributed by atoms with E-state index < -0.39 is 0 Å². The molecule has 19 heavy (non-hydrogen) atoms. The van der Waals surface area contributed by atoms with E-state index >= 15 is 0 Å². The molecular weight excluding hydrogens is 238 g/mol. The van der Waals surface area contributed by atoms with Gasteiger partial charge in [-0.05, 0) is 31.7 Å². The summed E-state index contributed by atoms with van der Waals surface area (Å²) < 4.78 is 0. The van der Waals surface area contributed by atoms with Crippen molar-refractivity contribution in [3.05, 3.63) is 23.8 Å². The van der Waals surface area contributed by atoms with Crippen LogP contribution in [0.15, 0.2) is 18.2 Å². The summed E-state index contributed by atoms with van der Waals surface area (Å²) in [6.07, 6.45) is 6.45. The minimum atomic E-state index is 0.103. The van der Waals surface area contributed by atoms with Gasteiger partial charge < -0.3 is 15.5 Å². The quantitative estimate of drug-likeness (QED) is 0.729. The number of phenolic OH excluding ortho intramolecular Hbond substituents is 2. The van der Waals surface area contributed by atoms with Gasteiger partial charge in [0, 0.05) is 23.7 Å². The second kappa shape index (κ2) is 6.29. The van der Waals surface area contributed by atoms with E-state index in [1.807, 2.05) is 0 Å². The van der Waals surface area contributed by atoms with Crippen molar-refractivity contribution in [2.75, 3.05) is 0 Å². The second-order valence-electron chi connectivity index (χ2n) is 5.85. The molecule has 0 saturated heterocycles. The molecular formula is C16H25NO2. The highest BCUT2D eigenvalue weighted by atomic mass is 16.3. The molecule has 0 radical (unpaired) electrons. The molecule has 1 saturated carbocycles. The Kier molecular flexibility index (Phi) is 4.70. The molecule has 106 valence electrons. The van der Waals surface area contributed by atoms with Gasteiger partial charge in [-0.2, -0.15) is 0 Å². The second-order valence-corrected chi connectivity index (χ2v) is 5.85. The van der Waals surface area contributed by atoms with Gasteiger partial charge in [-0.1, -0.05) is 32.3 Å². The van der Waals surface area contributed by atoms with E-state index in [1.54, 1.807) is 12.1 Å². The number of benzene rings is 1. The molecule has 3 N–H and O–H groups in total. The highest BCUT2D eigenvalue weighted by Crippen LogP contribution is 2.30. The highest BCUT2D eigenvalue weighted by molar-refractivity contribution is 5.40. The number of rotatable bonds is 3. The van der Waals surface area contributed by atoms with Gasteiger partial charge in [-0.15, -0.1) is 0 Å². The maximum absolute atomic E-state index is 9.91. The Hall–Kier alpha value is -1.22. The molecule has 1 fully saturated rings. The van der Waals surface area contributed by atoms with Crippen molar-refractivity contribution in [2.24, 2.45) is 5.92 Å². The smallest absolute Gasteiger partial charge is 0.124 e. The Morgan fingerprint density at radius 2 is 1.89 bits per heavy atom. The van der Waals surface area contributed by atoms with Crippen LogP contribution in [0.5, 0.6) is 11.5 Å². The van der Waals surface area contributed by atoms with E-state index in [4.69, 9.17) is 0 Å². The van der Waals surface area contributed by atoms with Gasteiger partial charge >= 0.3 is 0 Å². The Morgan fingerprint density at radius 1 is 1.16 bits per heavy atom. The van der Waals surface area contributed by atoms with Crippen LogP contribution in [-0.4, -0.2) is 16.3 Å². The Labute approximate surface area is 115 Å². The summed E-state index contributed by atoms with van der Waals surface area (Å²) in [5.74, 6) is 0.960. The van der Waals surface area contributed by atoms with Gasteiger partial charge in [0.1, 0.15) is 11.5 Å². The molecule has 1 aliphatic rings. The SMILES string of the molecule is CC(NC1CCCCCC1C)c1ccc(O)cc1O. The number of phenols is 2. The fraction of sp³-hybridized carbons (Fsp3) is 0.625. The zero-order valence-electron chi connectivity index (χ0n) is 11.9. The molecule has 3 atom stereocenters. The van der Waals surface area contributed by atoms with Crippen molar-refractivity contribution in [3.8, 4) is 11.5 Å². The fourth-order valence-electron chi connectivity index (χ4n) is 3.05. The van der Waals surface area contributed by atoms with Crippen molar-refractivity contribution >= 4 is 0 Å². The first kappa shape index (κ1) is 14.2. The van der Waals surface area contributed by atoms with Crippen molar-refractivity contribution in [2.45, 2.75) is 58.0 Å². The Morgan fingerprint density at radius 3 is 2.63 bits per heavy atom. The molecule has 3 unspecified atom stereocenters. The van der Waals surface area contributed by atoms with Crippen molar-refractivity contribution < 1.29 is 10.2 Å². The number of hydrogen-bond donors (Lipinski definition) is 3. The lowest BCUT2D eigenvalue weighted by atomic mass is 9.95. The van der Waals surface area contributed by atoms with E-state index in [-0.39, 0.29) is 17.5 Å². The molecule has 0 amide bonds. The van der Waals surface area contributed by atoms with Gasteiger partial charge in [0.2, 0.25) is 0 Å². The zero-order chi connectivity index (χ0) is 13.8. The molecule has 1 aromatic carbocycles. The van der Waals surface area contributed by atoms with Crippen LogP contribution < -0.4 is 5.32 Å². The summed E-state index contributed by atoms with van der Waals surface area (Å²) in [5, 5.41) is 22.9. The van der Waals surface area contributed by atoms with Crippen molar-refractivity contribution in [3.63, 3.8) is 0 Å². The van der Waals surface area contributed by atoms with E-state index in [1.165, 1.54) is 38.2 Å². The van der Waals surface area contributed by atoms with Gasteiger partial charge in [-0.3, -0.25) is 0 Å². The lowest BCUT2D eigenvalue weighted by molar-refractivity contribution is 0.325. The summed E-state index contributed by atoms with van der Waals surface area (Å²) in [6, 6.07) is 5.45. The predicted molar refractivity (Wildman–Crippen MR) is 77.4 cm³/mol. The first-order valence-corrected chi connectivity index (χ1v) is 7.36. The van der Waals surface area contributed by atoms with E-state index in [0.29, 0.717) is 12.0 Å². The Balaban J connectivity index is 2.04. The van der Waals surface area contributed by atoms with Crippen LogP contribution in [0.1, 0.15) is 57.6 Å². The van der Waals surface area contributed by atoms with Crippen LogP contribution >= 0.6 is 0 Å². The van der Waals surface area contributed by atoms with Crippen LogP contribution in [0, 0.1) is 5.92 Å². The average molecular weight is 263 g/mol.